The van der Waals surface area contributed by atoms with Gasteiger partial charge in [0.05, 0.1) is 16.4 Å². The summed E-state index contributed by atoms with van der Waals surface area (Å²) in [6.07, 6.45) is -1.17. The minimum Gasteiger partial charge on any atom is -0.323 e. The number of benzene rings is 1. The van der Waals surface area contributed by atoms with E-state index in [1.807, 2.05) is 0 Å². The highest BCUT2D eigenvalue weighted by atomic mass is 35.5. The van der Waals surface area contributed by atoms with Crippen molar-refractivity contribution >= 4 is 43.4 Å². The molecule has 4 rings (SSSR count). The van der Waals surface area contributed by atoms with Gasteiger partial charge < -0.3 is 4.57 Å². The Bertz CT molecular complexity index is 1380. The van der Waals surface area contributed by atoms with Crippen molar-refractivity contribution in [1.82, 2.24) is 19.6 Å². The molecule has 0 saturated heterocycles. The van der Waals surface area contributed by atoms with Crippen LogP contribution in [0.5, 0.6) is 0 Å². The van der Waals surface area contributed by atoms with E-state index in [0.717, 1.165) is 6.26 Å². The fraction of sp³-hybridized carbons (Fsp3) is 0.316. The van der Waals surface area contributed by atoms with E-state index in [9.17, 15) is 21.6 Å². The molecule has 164 valence electrons. The van der Waals surface area contributed by atoms with Crippen LogP contribution in [-0.4, -0.2) is 40.5 Å². The first kappa shape index (κ1) is 21.6. The lowest BCUT2D eigenvalue weighted by Crippen LogP contribution is -2.38. The van der Waals surface area contributed by atoms with Crippen LogP contribution < -0.4 is 4.68 Å². The number of aromatic amines is 1. The van der Waals surface area contributed by atoms with E-state index in [4.69, 9.17) is 11.6 Å². The van der Waals surface area contributed by atoms with E-state index >= 15 is 0 Å². The number of H-pyrrole nitrogens is 1. The summed E-state index contributed by atoms with van der Waals surface area (Å²) in [4.78, 5) is 8.61. The number of rotatable bonds is 6. The lowest BCUT2D eigenvalue weighted by molar-refractivity contribution is -0.722. The van der Waals surface area contributed by atoms with Crippen LogP contribution in [0.15, 0.2) is 41.7 Å². The average Bonchev–Trinajstić information content (AvgIpc) is 3.19. The molecule has 12 heteroatoms. The number of aryl methyl sites for hydroxylation is 1. The number of hydrogen-bond acceptors (Lipinski definition) is 4. The highest BCUT2D eigenvalue weighted by Gasteiger charge is 2.28. The fourth-order valence-corrected chi connectivity index (χ4v) is 4.56. The molecule has 0 aliphatic carbocycles. The predicted molar refractivity (Wildman–Crippen MR) is 109 cm³/mol. The SMILES string of the molecule is CS(=O)(=O)c1[nH][n+](Cc2nc3cc(Cl)ccc3n2CCCC(F)(F)F)c2cnccc12. The van der Waals surface area contributed by atoms with Gasteiger partial charge in [0.15, 0.2) is 15.7 Å². The summed E-state index contributed by atoms with van der Waals surface area (Å²) < 4.78 is 65.7. The van der Waals surface area contributed by atoms with Gasteiger partial charge in [-0.1, -0.05) is 16.3 Å². The molecular formula is C19H18ClF3N5O2S+. The Hall–Kier alpha value is -2.66. The molecular weight excluding hydrogens is 455 g/mol. The molecule has 3 aromatic heterocycles. The smallest absolute Gasteiger partial charge is 0.323 e. The highest BCUT2D eigenvalue weighted by molar-refractivity contribution is 7.90. The number of sulfone groups is 1. The van der Waals surface area contributed by atoms with Crippen LogP contribution in [0.25, 0.3) is 21.9 Å². The van der Waals surface area contributed by atoms with Crippen molar-refractivity contribution < 1.29 is 26.3 Å². The summed E-state index contributed by atoms with van der Waals surface area (Å²) in [6.45, 7) is 0.208. The zero-order valence-corrected chi connectivity index (χ0v) is 17.9. The van der Waals surface area contributed by atoms with Gasteiger partial charge in [0.1, 0.15) is 6.20 Å². The van der Waals surface area contributed by atoms with Gasteiger partial charge in [-0.05, 0) is 30.7 Å². The number of pyridine rings is 1. The summed E-state index contributed by atoms with van der Waals surface area (Å²) in [5, 5.41) is 3.84. The van der Waals surface area contributed by atoms with Crippen LogP contribution in [0.3, 0.4) is 0 Å². The zero-order chi connectivity index (χ0) is 22.4. The number of halogens is 4. The zero-order valence-electron chi connectivity index (χ0n) is 16.3. The number of alkyl halides is 3. The second-order valence-electron chi connectivity index (χ2n) is 7.22. The van der Waals surface area contributed by atoms with E-state index in [-0.39, 0.29) is 24.5 Å². The molecule has 0 bridgehead atoms. The number of imidazole rings is 1. The van der Waals surface area contributed by atoms with Gasteiger partial charge in [-0.2, -0.15) is 18.3 Å². The van der Waals surface area contributed by atoms with Gasteiger partial charge in [-0.25, -0.2) is 13.4 Å². The van der Waals surface area contributed by atoms with Crippen molar-refractivity contribution in [3.63, 3.8) is 0 Å². The molecule has 0 spiro atoms. The summed E-state index contributed by atoms with van der Waals surface area (Å²) in [7, 11) is -3.55. The maximum absolute atomic E-state index is 12.7. The van der Waals surface area contributed by atoms with Crippen molar-refractivity contribution in [3.05, 3.63) is 47.5 Å². The largest absolute Gasteiger partial charge is 0.389 e. The van der Waals surface area contributed by atoms with E-state index < -0.39 is 22.4 Å². The minimum atomic E-state index is -4.25. The Labute approximate surface area is 180 Å². The number of nitrogens with zero attached hydrogens (tertiary/aromatic N) is 4. The third-order valence-electron chi connectivity index (χ3n) is 4.87. The molecule has 0 saturated carbocycles. The van der Waals surface area contributed by atoms with Gasteiger partial charge in [0, 0.05) is 30.4 Å². The van der Waals surface area contributed by atoms with E-state index in [1.54, 1.807) is 33.5 Å². The summed E-state index contributed by atoms with van der Waals surface area (Å²) in [5.74, 6) is 0.469. The summed E-state index contributed by atoms with van der Waals surface area (Å²) in [5.41, 5.74) is 1.74. The monoisotopic (exact) mass is 472 g/mol. The van der Waals surface area contributed by atoms with E-state index in [2.05, 4.69) is 15.1 Å². The number of nitrogens with one attached hydrogen (secondary N) is 1. The lowest BCUT2D eigenvalue weighted by atomic mass is 10.2. The minimum absolute atomic E-state index is 0.0349. The molecule has 4 aromatic rings. The predicted octanol–water partition coefficient (Wildman–Crippen LogP) is 3.65. The van der Waals surface area contributed by atoms with Crippen LogP contribution in [0, 0.1) is 0 Å². The molecule has 1 aromatic carbocycles. The van der Waals surface area contributed by atoms with Crippen LogP contribution in [-0.2, 0) is 22.9 Å². The first-order valence-electron chi connectivity index (χ1n) is 9.30. The van der Waals surface area contributed by atoms with Crippen molar-refractivity contribution in [2.75, 3.05) is 6.26 Å². The van der Waals surface area contributed by atoms with Crippen LogP contribution in [0.2, 0.25) is 5.02 Å². The Balaban J connectivity index is 1.79. The molecule has 0 radical (unpaired) electrons. The molecule has 0 fully saturated rings. The summed E-state index contributed by atoms with van der Waals surface area (Å²) >= 11 is 6.05. The van der Waals surface area contributed by atoms with Gasteiger partial charge in [-0.3, -0.25) is 4.98 Å². The third kappa shape index (κ3) is 4.52. The van der Waals surface area contributed by atoms with Gasteiger partial charge in [0.25, 0.3) is 5.52 Å². The van der Waals surface area contributed by atoms with Crippen LogP contribution >= 0.6 is 11.6 Å². The second kappa shape index (κ2) is 7.79. The molecule has 0 aliphatic heterocycles. The molecule has 0 amide bonds. The Morgan fingerprint density at radius 1 is 1.26 bits per heavy atom. The molecule has 3 heterocycles. The fourth-order valence-electron chi connectivity index (χ4n) is 3.55. The maximum atomic E-state index is 12.7. The van der Waals surface area contributed by atoms with Gasteiger partial charge in [-0.15, -0.1) is 0 Å². The Kier molecular flexibility index (Phi) is 5.42. The first-order valence-corrected chi connectivity index (χ1v) is 11.6. The highest BCUT2D eigenvalue weighted by Crippen LogP contribution is 2.25. The standard InChI is InChI=1S/C19H17ClF3N5O2S/c1-31(29,30)18-13-5-7-24-10-16(13)28(26-18)11-17-25-14-9-12(20)3-4-15(14)27(17)8-2-6-19(21,22)23/h3-5,7,9-10H,2,6,8,11H2,1H3/p+1. The number of aromatic nitrogens is 5. The van der Waals surface area contributed by atoms with Crippen molar-refractivity contribution in [2.24, 2.45) is 0 Å². The first-order chi connectivity index (χ1) is 14.5. The Morgan fingerprint density at radius 3 is 2.74 bits per heavy atom. The average molecular weight is 473 g/mol. The molecule has 0 unspecified atom stereocenters. The van der Waals surface area contributed by atoms with E-state index in [0.29, 0.717) is 32.8 Å². The molecule has 7 nitrogen and oxygen atoms in total. The number of fused-ring (bicyclic) bond motifs is 2. The second-order valence-corrected chi connectivity index (χ2v) is 9.61. The third-order valence-corrected chi connectivity index (χ3v) is 6.16. The lowest BCUT2D eigenvalue weighted by Gasteiger charge is -2.09. The van der Waals surface area contributed by atoms with Gasteiger partial charge >= 0.3 is 6.18 Å². The van der Waals surface area contributed by atoms with E-state index in [1.165, 1.54) is 12.4 Å². The van der Waals surface area contributed by atoms with Crippen LogP contribution in [0.4, 0.5) is 13.2 Å². The molecule has 0 atom stereocenters. The number of hydrogen-bond donors (Lipinski definition) is 1. The normalized spacial score (nSPS) is 12.8. The van der Waals surface area contributed by atoms with Crippen molar-refractivity contribution in [3.8, 4) is 0 Å². The van der Waals surface area contributed by atoms with Crippen molar-refractivity contribution in [2.45, 2.75) is 37.1 Å². The van der Waals surface area contributed by atoms with Crippen LogP contribution in [0.1, 0.15) is 18.7 Å². The maximum Gasteiger partial charge on any atom is 0.389 e. The molecule has 0 aliphatic rings. The Morgan fingerprint density at radius 2 is 2.03 bits per heavy atom. The molecule has 1 N–H and O–H groups in total. The molecule has 31 heavy (non-hydrogen) atoms. The quantitative estimate of drug-likeness (QED) is 0.434. The van der Waals surface area contributed by atoms with Gasteiger partial charge in [0.2, 0.25) is 11.6 Å². The topological polar surface area (TPSA) is 84.5 Å². The summed E-state index contributed by atoms with van der Waals surface area (Å²) in [6, 6.07) is 6.59. The van der Waals surface area contributed by atoms with Crippen molar-refractivity contribution in [1.29, 1.82) is 0 Å².